The quantitative estimate of drug-likeness (QED) is 0.0402. The van der Waals surface area contributed by atoms with E-state index in [-0.39, 0.29) is 43.4 Å². The molecule has 1 heterocycles. The van der Waals surface area contributed by atoms with Crippen LogP contribution in [0.5, 0.6) is 28.7 Å². The molecule has 0 spiro atoms. The summed E-state index contributed by atoms with van der Waals surface area (Å²) in [6.45, 7) is 8.46. The second kappa shape index (κ2) is 24.2. The van der Waals surface area contributed by atoms with Gasteiger partial charge in [-0.3, -0.25) is 14.4 Å². The maximum absolute atomic E-state index is 13.3. The zero-order chi connectivity index (χ0) is 50.4. The van der Waals surface area contributed by atoms with E-state index < -0.39 is 33.4 Å². The molecule has 374 valence electrons. The summed E-state index contributed by atoms with van der Waals surface area (Å²) < 4.78 is 71.3. The van der Waals surface area contributed by atoms with Crippen molar-refractivity contribution in [3.05, 3.63) is 144 Å². The molecule has 2 amide bonds. The van der Waals surface area contributed by atoms with E-state index in [1.54, 1.807) is 63.2 Å². The Hall–Kier alpha value is -6.98. The molecule has 6 aromatic carbocycles. The molecule has 0 fully saturated rings. The Labute approximate surface area is 414 Å². The number of hydrogen-bond acceptors (Lipinski definition) is 13. The van der Waals surface area contributed by atoms with Gasteiger partial charge in [-0.25, -0.2) is 8.42 Å². The number of amides is 2. The number of fused-ring (bicyclic) bond motifs is 2. The van der Waals surface area contributed by atoms with Crippen molar-refractivity contribution >= 4 is 38.4 Å². The normalized spacial score (nSPS) is 12.9. The zero-order valence-corrected chi connectivity index (χ0v) is 41.2. The van der Waals surface area contributed by atoms with Gasteiger partial charge in [0.15, 0.2) is 9.84 Å². The van der Waals surface area contributed by atoms with E-state index >= 15 is 0 Å². The van der Waals surface area contributed by atoms with Gasteiger partial charge in [-0.15, -0.1) is 0 Å². The van der Waals surface area contributed by atoms with E-state index in [0.29, 0.717) is 80.4 Å². The fourth-order valence-electron chi connectivity index (χ4n) is 7.83. The van der Waals surface area contributed by atoms with Crippen LogP contribution in [0, 0.1) is 0 Å². The molecule has 0 unspecified atom stereocenters. The summed E-state index contributed by atoms with van der Waals surface area (Å²) in [5, 5.41) is 1.77. The summed E-state index contributed by atoms with van der Waals surface area (Å²) in [7, 11) is -3.36. The SMILES string of the molecule is CC(C)(C)OC(=O)CC[C@@H](C(N)=O)N1Cc2c(OCCOCCOCCOCCOc3ccc(Oc4c(-c5ccc(S(C)(=O)=O)cc5)ccc5cc(OCc6ccccc6)ccc45)cc3)cccc2C1=O. The van der Waals surface area contributed by atoms with Gasteiger partial charge in [-0.2, -0.15) is 0 Å². The molecule has 7 rings (SSSR count). The van der Waals surface area contributed by atoms with Crippen molar-refractivity contribution in [1.82, 2.24) is 4.90 Å². The van der Waals surface area contributed by atoms with E-state index in [1.807, 2.05) is 84.9 Å². The van der Waals surface area contributed by atoms with E-state index in [2.05, 4.69) is 0 Å². The minimum Gasteiger partial charge on any atom is -0.491 e. The Balaban J connectivity index is 0.807. The van der Waals surface area contributed by atoms with Crippen molar-refractivity contribution in [1.29, 1.82) is 0 Å². The molecular weight excluding hydrogens is 929 g/mol. The molecule has 6 aromatic rings. The first-order valence-electron chi connectivity index (χ1n) is 23.4. The molecule has 0 saturated carbocycles. The first-order chi connectivity index (χ1) is 34.1. The van der Waals surface area contributed by atoms with Crippen LogP contribution < -0.4 is 24.7 Å². The number of esters is 1. The molecule has 71 heavy (non-hydrogen) atoms. The lowest BCUT2D eigenvalue weighted by molar-refractivity contribution is -0.155. The van der Waals surface area contributed by atoms with E-state index in [4.69, 9.17) is 43.6 Å². The molecule has 0 bridgehead atoms. The molecule has 0 radical (unpaired) electrons. The van der Waals surface area contributed by atoms with Crippen molar-refractivity contribution < 1.29 is 60.7 Å². The summed E-state index contributed by atoms with van der Waals surface area (Å²) >= 11 is 0. The minimum atomic E-state index is -3.36. The van der Waals surface area contributed by atoms with Crippen molar-refractivity contribution in [3.8, 4) is 39.9 Å². The lowest BCUT2D eigenvalue weighted by Gasteiger charge is -2.26. The number of benzene rings is 6. The van der Waals surface area contributed by atoms with Crippen molar-refractivity contribution in [2.45, 2.75) is 63.3 Å². The van der Waals surface area contributed by atoms with Crippen LogP contribution in [0.2, 0.25) is 0 Å². The smallest absolute Gasteiger partial charge is 0.306 e. The van der Waals surface area contributed by atoms with Crippen LogP contribution in [-0.4, -0.2) is 102 Å². The lowest BCUT2D eigenvalue weighted by Crippen LogP contribution is -2.45. The highest BCUT2D eigenvalue weighted by atomic mass is 32.2. The third kappa shape index (κ3) is 14.8. The van der Waals surface area contributed by atoms with Crippen molar-refractivity contribution in [2.24, 2.45) is 5.73 Å². The average Bonchev–Trinajstić information content (AvgIpc) is 3.68. The first kappa shape index (κ1) is 51.9. The zero-order valence-electron chi connectivity index (χ0n) is 40.4. The third-order valence-electron chi connectivity index (χ3n) is 11.3. The largest absolute Gasteiger partial charge is 0.491 e. The van der Waals surface area contributed by atoms with Gasteiger partial charge in [0, 0.05) is 34.8 Å². The number of ether oxygens (including phenoxy) is 8. The lowest BCUT2D eigenvalue weighted by atomic mass is 9.99. The predicted molar refractivity (Wildman–Crippen MR) is 268 cm³/mol. The van der Waals surface area contributed by atoms with Gasteiger partial charge in [-0.1, -0.05) is 54.6 Å². The minimum absolute atomic E-state index is 0.0489. The molecule has 1 aliphatic heterocycles. The number of primary amides is 1. The second-order valence-electron chi connectivity index (χ2n) is 17.8. The molecule has 15 nitrogen and oxygen atoms in total. The number of nitrogens with zero attached hydrogens (tertiary/aromatic N) is 1. The number of hydrogen-bond donors (Lipinski definition) is 1. The average molecular weight is 989 g/mol. The van der Waals surface area contributed by atoms with E-state index in [0.717, 1.165) is 33.2 Å². The topological polar surface area (TPSA) is 188 Å². The van der Waals surface area contributed by atoms with Crippen LogP contribution in [0.1, 0.15) is 55.1 Å². The van der Waals surface area contributed by atoms with Crippen molar-refractivity contribution in [3.63, 3.8) is 0 Å². The number of carbonyl (C=O) groups excluding carboxylic acids is 3. The highest BCUT2D eigenvalue weighted by Crippen LogP contribution is 2.41. The van der Waals surface area contributed by atoms with Gasteiger partial charge in [0.25, 0.3) is 5.91 Å². The van der Waals surface area contributed by atoms with Gasteiger partial charge < -0.3 is 48.5 Å². The summed E-state index contributed by atoms with van der Waals surface area (Å²) in [4.78, 5) is 39.6. The van der Waals surface area contributed by atoms with E-state index in [1.165, 1.54) is 11.2 Å². The number of sulfone groups is 1. The number of rotatable bonds is 26. The number of nitrogens with two attached hydrogens (primary N) is 1. The second-order valence-corrected chi connectivity index (χ2v) is 19.8. The molecule has 0 aliphatic carbocycles. The third-order valence-corrected chi connectivity index (χ3v) is 12.4. The Kier molecular flexibility index (Phi) is 17.7. The van der Waals surface area contributed by atoms with Crippen LogP contribution in [0.25, 0.3) is 21.9 Å². The maximum atomic E-state index is 13.3. The molecule has 0 saturated heterocycles. The molecule has 1 aliphatic rings. The van der Waals surface area contributed by atoms with Gasteiger partial charge in [-0.05, 0) is 117 Å². The molecule has 16 heteroatoms. The highest BCUT2D eigenvalue weighted by Gasteiger charge is 2.37. The van der Waals surface area contributed by atoms with Crippen LogP contribution in [0.4, 0.5) is 0 Å². The van der Waals surface area contributed by atoms with Crippen LogP contribution in [0.3, 0.4) is 0 Å². The van der Waals surface area contributed by atoms with Gasteiger partial charge in [0.1, 0.15) is 60.2 Å². The molecule has 0 aromatic heterocycles. The molecule has 2 N–H and O–H groups in total. The highest BCUT2D eigenvalue weighted by molar-refractivity contribution is 7.90. The van der Waals surface area contributed by atoms with Crippen LogP contribution >= 0.6 is 0 Å². The summed E-state index contributed by atoms with van der Waals surface area (Å²) in [6.07, 6.45) is 1.18. The predicted octanol–water partition coefficient (Wildman–Crippen LogP) is 8.72. The fourth-order valence-corrected chi connectivity index (χ4v) is 8.46. The first-order valence-corrected chi connectivity index (χ1v) is 25.3. The van der Waals surface area contributed by atoms with Gasteiger partial charge in [0.2, 0.25) is 5.91 Å². The van der Waals surface area contributed by atoms with Gasteiger partial charge in [0.05, 0.1) is 51.1 Å². The monoisotopic (exact) mass is 988 g/mol. The van der Waals surface area contributed by atoms with Crippen molar-refractivity contribution in [2.75, 3.05) is 59.1 Å². The maximum Gasteiger partial charge on any atom is 0.306 e. The van der Waals surface area contributed by atoms with Crippen LogP contribution in [-0.2, 0) is 51.5 Å². The Bertz CT molecular complexity index is 2870. The Morgan fingerprint density at radius 1 is 0.676 bits per heavy atom. The Morgan fingerprint density at radius 2 is 1.31 bits per heavy atom. The van der Waals surface area contributed by atoms with Crippen LogP contribution in [0.15, 0.2) is 132 Å². The fraction of sp³-hybridized carbons (Fsp3) is 0.327. The van der Waals surface area contributed by atoms with Gasteiger partial charge >= 0.3 is 5.97 Å². The summed E-state index contributed by atoms with van der Waals surface area (Å²) in [5.74, 6) is 1.55. The summed E-state index contributed by atoms with van der Waals surface area (Å²) in [6, 6.07) is 38.0. The van der Waals surface area contributed by atoms with E-state index in [9.17, 15) is 22.8 Å². The summed E-state index contributed by atoms with van der Waals surface area (Å²) in [5.41, 5.74) is 8.73. The molecule has 1 atom stereocenters. The number of carbonyl (C=O) groups is 3. The standard InChI is InChI=1S/C55H60N2O13S/c1-55(2,3)70-51(58)26-25-49(53(56)59)57-36-48-47(54(57)60)11-8-12-50(48)67-34-32-65-30-28-63-27-29-64-31-33-66-41-16-18-42(19-17-41)69-52-45(39-13-21-44(22-14-39)71(4,61)62)23-15-40-35-43(20-24-46(40)52)68-37-38-9-6-5-7-10-38/h5-24,35,49H,25-34,36-37H2,1-4H3,(H2,56,59)/t49-/m0/s1. The Morgan fingerprint density at radius 3 is 1.96 bits per heavy atom. The molecular formula is C55H60N2O13S.